The van der Waals surface area contributed by atoms with E-state index in [1.165, 1.54) is 11.1 Å². The van der Waals surface area contributed by atoms with Gasteiger partial charge in [-0.3, -0.25) is 0 Å². The largest absolute Gasteiger partial charge is 0.508 e. The third kappa shape index (κ3) is 2.37. The van der Waals surface area contributed by atoms with E-state index in [1.807, 2.05) is 12.1 Å². The minimum atomic E-state index is -0.298. The van der Waals surface area contributed by atoms with Crippen molar-refractivity contribution in [2.75, 3.05) is 6.61 Å². The number of aryl methyl sites for hydroxylation is 1. The number of hydrogen-bond acceptors (Lipinski definition) is 3. The van der Waals surface area contributed by atoms with Crippen molar-refractivity contribution in [2.24, 2.45) is 17.3 Å². The molecule has 2 fully saturated rings. The number of hydrogen-bond donors (Lipinski definition) is 2. The summed E-state index contributed by atoms with van der Waals surface area (Å²) in [7, 11) is 0. The first kappa shape index (κ1) is 16.9. The molecule has 2 N–H and O–H groups in total. The van der Waals surface area contributed by atoms with Crippen LogP contribution in [0.25, 0.3) is 0 Å². The van der Waals surface area contributed by atoms with Gasteiger partial charge in [-0.2, -0.15) is 0 Å². The van der Waals surface area contributed by atoms with Crippen LogP contribution in [0.2, 0.25) is 0 Å². The van der Waals surface area contributed by atoms with Crippen LogP contribution in [-0.4, -0.2) is 33.9 Å². The fourth-order valence-corrected chi connectivity index (χ4v) is 6.95. The average molecular weight is 395 g/mol. The summed E-state index contributed by atoms with van der Waals surface area (Å²) >= 11 is 3.72. The molecule has 4 heteroatoms. The first-order valence-electron chi connectivity index (χ1n) is 9.21. The Morgan fingerprint density at radius 3 is 2.92 bits per heavy atom. The Morgan fingerprint density at radius 2 is 2.17 bits per heavy atom. The number of benzene rings is 1. The summed E-state index contributed by atoms with van der Waals surface area (Å²) in [5.41, 5.74) is 2.57. The van der Waals surface area contributed by atoms with Crippen LogP contribution in [-0.2, 0) is 11.2 Å². The summed E-state index contributed by atoms with van der Waals surface area (Å²) < 4.78 is 6.21. The number of ether oxygens (including phenoxy) is 1. The van der Waals surface area contributed by atoms with Crippen LogP contribution >= 0.6 is 15.9 Å². The number of aliphatic hydroxyl groups is 1. The van der Waals surface area contributed by atoms with Gasteiger partial charge in [-0.15, -0.1) is 0 Å². The van der Waals surface area contributed by atoms with Gasteiger partial charge in [-0.25, -0.2) is 0 Å². The minimum absolute atomic E-state index is 0.0659. The summed E-state index contributed by atoms with van der Waals surface area (Å²) in [4.78, 5) is 0.190. The maximum absolute atomic E-state index is 10.8. The Balaban J connectivity index is 1.77. The Bertz CT molecular complexity index is 633. The molecule has 0 radical (unpaired) electrons. The lowest BCUT2D eigenvalue weighted by Crippen LogP contribution is -2.51. The van der Waals surface area contributed by atoms with Gasteiger partial charge in [0.1, 0.15) is 5.75 Å². The van der Waals surface area contributed by atoms with Crippen molar-refractivity contribution in [3.8, 4) is 5.75 Å². The molecule has 0 heterocycles. The van der Waals surface area contributed by atoms with Gasteiger partial charge in [0.25, 0.3) is 0 Å². The molecule has 132 valence electrons. The fourth-order valence-electron chi connectivity index (χ4n) is 5.94. The Labute approximate surface area is 152 Å². The second-order valence-electron chi connectivity index (χ2n) is 8.12. The predicted octanol–water partition coefficient (Wildman–Crippen LogP) is 4.00. The van der Waals surface area contributed by atoms with Crippen LogP contribution in [0.1, 0.15) is 50.2 Å². The zero-order valence-corrected chi connectivity index (χ0v) is 16.0. The lowest BCUT2D eigenvalue weighted by molar-refractivity contribution is -0.102. The molecule has 3 aliphatic rings. The summed E-state index contributed by atoms with van der Waals surface area (Å²) in [5, 5.41) is 20.7. The highest BCUT2D eigenvalue weighted by Crippen LogP contribution is 2.62. The SMILES string of the molecule is CCO[C@H]1C[C@]2(C)[C@@H](O)[C@H](Br)C[C@H]2[C@@H]2CCc3cc(O)ccc3[C@H]21. The number of alkyl halides is 1. The molecule has 7 atom stereocenters. The fraction of sp³-hybridized carbons (Fsp3) is 0.700. The van der Waals surface area contributed by atoms with Crippen molar-refractivity contribution in [2.45, 2.75) is 62.5 Å². The van der Waals surface area contributed by atoms with E-state index in [0.717, 1.165) is 25.7 Å². The van der Waals surface area contributed by atoms with Crippen LogP contribution < -0.4 is 0 Å². The molecule has 1 aromatic rings. The molecule has 24 heavy (non-hydrogen) atoms. The van der Waals surface area contributed by atoms with Crippen LogP contribution in [0.4, 0.5) is 0 Å². The molecular weight excluding hydrogens is 368 g/mol. The lowest BCUT2D eigenvalue weighted by Gasteiger charge is -2.53. The van der Waals surface area contributed by atoms with Gasteiger partial charge < -0.3 is 14.9 Å². The van der Waals surface area contributed by atoms with Crippen molar-refractivity contribution in [1.82, 2.24) is 0 Å². The molecule has 0 saturated heterocycles. The minimum Gasteiger partial charge on any atom is -0.508 e. The number of phenols is 1. The summed E-state index contributed by atoms with van der Waals surface area (Å²) in [5.74, 6) is 1.82. The van der Waals surface area contributed by atoms with E-state index in [2.05, 4.69) is 35.8 Å². The molecule has 0 aliphatic heterocycles. The highest BCUT2D eigenvalue weighted by molar-refractivity contribution is 9.09. The second-order valence-corrected chi connectivity index (χ2v) is 9.29. The number of aliphatic hydroxyl groups excluding tert-OH is 1. The van der Waals surface area contributed by atoms with Crippen LogP contribution in [0.3, 0.4) is 0 Å². The summed E-state index contributed by atoms with van der Waals surface area (Å²) in [6.45, 7) is 5.02. The van der Waals surface area contributed by atoms with E-state index in [-0.39, 0.29) is 22.5 Å². The van der Waals surface area contributed by atoms with Gasteiger partial charge in [-0.1, -0.05) is 28.9 Å². The number of aromatic hydroxyl groups is 1. The molecule has 2 saturated carbocycles. The lowest BCUT2D eigenvalue weighted by atomic mass is 9.54. The molecule has 0 aromatic heterocycles. The Kier molecular flexibility index (Phi) is 4.21. The van der Waals surface area contributed by atoms with E-state index in [9.17, 15) is 10.2 Å². The maximum atomic E-state index is 10.8. The number of rotatable bonds is 2. The summed E-state index contributed by atoms with van der Waals surface area (Å²) in [6.07, 6.45) is 3.95. The standard InChI is InChI=1S/C20H27BrO3/c1-3-24-17-10-20(2)15(9-16(21)19(20)23)14-6-4-11-8-12(22)5-7-13(11)18(14)17/h5,7-8,14-19,22-23H,3-4,6,9-10H2,1-2H3/t14-,15-,16+,17-,18+,19-,20-/m0/s1. The quantitative estimate of drug-likeness (QED) is 0.745. The van der Waals surface area contributed by atoms with Gasteiger partial charge >= 0.3 is 0 Å². The zero-order chi connectivity index (χ0) is 17.1. The monoisotopic (exact) mass is 394 g/mol. The van der Waals surface area contributed by atoms with Gasteiger partial charge in [0, 0.05) is 22.8 Å². The Morgan fingerprint density at radius 1 is 1.38 bits per heavy atom. The van der Waals surface area contributed by atoms with Gasteiger partial charge in [-0.05, 0) is 67.7 Å². The highest BCUT2D eigenvalue weighted by atomic mass is 79.9. The number of phenolic OH excluding ortho intramolecular Hbond substituents is 1. The van der Waals surface area contributed by atoms with Crippen LogP contribution in [0.5, 0.6) is 5.75 Å². The number of fused-ring (bicyclic) bond motifs is 5. The molecule has 3 nitrogen and oxygen atoms in total. The van der Waals surface area contributed by atoms with Gasteiger partial charge in [0.05, 0.1) is 12.2 Å². The van der Waals surface area contributed by atoms with E-state index >= 15 is 0 Å². The third-order valence-corrected chi connectivity index (χ3v) is 7.85. The van der Waals surface area contributed by atoms with Crippen molar-refractivity contribution >= 4 is 15.9 Å². The van der Waals surface area contributed by atoms with Crippen molar-refractivity contribution in [3.05, 3.63) is 29.3 Å². The molecule has 0 bridgehead atoms. The third-order valence-electron chi connectivity index (χ3n) is 6.98. The highest BCUT2D eigenvalue weighted by Gasteiger charge is 2.60. The molecule has 0 amide bonds. The van der Waals surface area contributed by atoms with Crippen molar-refractivity contribution in [3.63, 3.8) is 0 Å². The second kappa shape index (κ2) is 6.00. The normalized spacial score (nSPS) is 43.8. The van der Waals surface area contributed by atoms with E-state index in [4.69, 9.17) is 4.74 Å². The van der Waals surface area contributed by atoms with Gasteiger partial charge in [0.2, 0.25) is 0 Å². The maximum Gasteiger partial charge on any atom is 0.115 e. The van der Waals surface area contributed by atoms with Crippen molar-refractivity contribution < 1.29 is 14.9 Å². The molecule has 0 unspecified atom stereocenters. The average Bonchev–Trinajstić information content (AvgIpc) is 2.78. The van der Waals surface area contributed by atoms with E-state index in [0.29, 0.717) is 30.1 Å². The van der Waals surface area contributed by atoms with E-state index < -0.39 is 0 Å². The van der Waals surface area contributed by atoms with Crippen molar-refractivity contribution in [1.29, 1.82) is 0 Å². The first-order chi connectivity index (χ1) is 11.5. The molecular formula is C20H27BrO3. The molecule has 1 aromatic carbocycles. The number of halogens is 1. The molecule has 3 aliphatic carbocycles. The Hall–Kier alpha value is -0.580. The molecule has 4 rings (SSSR count). The zero-order valence-electron chi connectivity index (χ0n) is 14.4. The predicted molar refractivity (Wildman–Crippen MR) is 97.6 cm³/mol. The van der Waals surface area contributed by atoms with Crippen LogP contribution in [0.15, 0.2) is 18.2 Å². The summed E-state index contributed by atoms with van der Waals surface area (Å²) in [6, 6.07) is 5.85. The van der Waals surface area contributed by atoms with Crippen LogP contribution in [0, 0.1) is 17.3 Å². The smallest absolute Gasteiger partial charge is 0.115 e. The topological polar surface area (TPSA) is 49.7 Å². The van der Waals surface area contributed by atoms with E-state index in [1.54, 1.807) is 0 Å². The first-order valence-corrected chi connectivity index (χ1v) is 10.1. The molecule has 0 spiro atoms. The van der Waals surface area contributed by atoms with Gasteiger partial charge in [0.15, 0.2) is 0 Å².